The molecule has 1 amide bonds. The summed E-state index contributed by atoms with van der Waals surface area (Å²) >= 11 is 2.21. The van der Waals surface area contributed by atoms with Gasteiger partial charge in [-0.15, -0.1) is 0 Å². The molecule has 0 aliphatic carbocycles. The van der Waals surface area contributed by atoms with Crippen molar-refractivity contribution in [2.45, 2.75) is 31.0 Å². The van der Waals surface area contributed by atoms with Crippen LogP contribution in [0.4, 0.5) is 13.6 Å². The fourth-order valence-corrected chi connectivity index (χ4v) is 3.92. The molecule has 0 bridgehead atoms. The van der Waals surface area contributed by atoms with Crippen LogP contribution < -0.4 is 15.4 Å². The van der Waals surface area contributed by atoms with Gasteiger partial charge in [0.2, 0.25) is 0 Å². The van der Waals surface area contributed by atoms with E-state index in [0.717, 1.165) is 33.1 Å². The van der Waals surface area contributed by atoms with E-state index in [9.17, 15) is 18.7 Å². The van der Waals surface area contributed by atoms with Crippen LogP contribution in [0.5, 0.6) is 5.75 Å². The van der Waals surface area contributed by atoms with Crippen LogP contribution >= 0.6 is 22.6 Å². The number of rotatable bonds is 7. The Morgan fingerprint density at radius 3 is 2.66 bits per heavy atom. The van der Waals surface area contributed by atoms with E-state index in [2.05, 4.69) is 33.2 Å². The van der Waals surface area contributed by atoms with E-state index in [4.69, 9.17) is 9.84 Å². The van der Waals surface area contributed by atoms with Crippen molar-refractivity contribution in [2.75, 3.05) is 13.2 Å². The van der Waals surface area contributed by atoms with Crippen molar-refractivity contribution in [1.29, 1.82) is 0 Å². The Balaban J connectivity index is 1.68. The second-order valence-electron chi connectivity index (χ2n) is 6.89. The van der Waals surface area contributed by atoms with Crippen molar-refractivity contribution in [3.63, 3.8) is 0 Å². The van der Waals surface area contributed by atoms with Crippen LogP contribution in [0, 0.1) is 15.2 Å². The summed E-state index contributed by atoms with van der Waals surface area (Å²) in [6, 6.07) is 7.84. The molecule has 0 radical (unpaired) electrons. The first-order valence-corrected chi connectivity index (χ1v) is 10.2. The summed E-state index contributed by atoms with van der Waals surface area (Å²) in [5.41, 5.74) is 1.23. The normalized spacial score (nSPS) is 17.7. The number of ether oxygens (including phenoxy) is 1. The van der Waals surface area contributed by atoms with Crippen molar-refractivity contribution in [1.82, 2.24) is 10.6 Å². The molecule has 0 spiro atoms. The lowest BCUT2D eigenvalue weighted by Gasteiger charge is -2.30. The summed E-state index contributed by atoms with van der Waals surface area (Å²) in [5, 5.41) is 25.2. The summed E-state index contributed by atoms with van der Waals surface area (Å²) in [4.78, 5) is 11.1. The topological polar surface area (TPSA) is 90.8 Å². The van der Waals surface area contributed by atoms with Gasteiger partial charge in [-0.05, 0) is 64.9 Å². The standard InChI is InChI=1S/C20H21F2IN2O4/c21-12-5-11(6-13(22)8-12)7-17(25-20(27)28)18(26)10-24-16-3-4-29-19-2-1-14(23)9-15(16)19/h1-2,5-6,8-9,16-18,24-26H,3-4,7,10H2,(H,27,28)/t16?,17-,18+/m0/s1. The highest BCUT2D eigenvalue weighted by molar-refractivity contribution is 14.1. The molecule has 156 valence electrons. The lowest BCUT2D eigenvalue weighted by atomic mass is 9.98. The quantitative estimate of drug-likeness (QED) is 0.423. The van der Waals surface area contributed by atoms with Gasteiger partial charge in [0.25, 0.3) is 0 Å². The largest absolute Gasteiger partial charge is 0.493 e. The Labute approximate surface area is 180 Å². The number of aliphatic hydroxyl groups excluding tert-OH is 1. The molecule has 2 aromatic rings. The van der Waals surface area contributed by atoms with Crippen molar-refractivity contribution in [2.24, 2.45) is 0 Å². The monoisotopic (exact) mass is 518 g/mol. The Morgan fingerprint density at radius 1 is 1.24 bits per heavy atom. The van der Waals surface area contributed by atoms with Gasteiger partial charge in [-0.2, -0.15) is 0 Å². The first kappa shape index (κ1) is 21.7. The van der Waals surface area contributed by atoms with Crippen LogP contribution in [0.25, 0.3) is 0 Å². The number of fused-ring (bicyclic) bond motifs is 1. The molecular formula is C20H21F2IN2O4. The minimum atomic E-state index is -1.32. The van der Waals surface area contributed by atoms with E-state index in [0.29, 0.717) is 13.0 Å². The molecular weight excluding hydrogens is 497 g/mol. The van der Waals surface area contributed by atoms with Crippen molar-refractivity contribution in [3.05, 3.63) is 62.7 Å². The van der Waals surface area contributed by atoms with Gasteiger partial charge in [0.15, 0.2) is 0 Å². The molecule has 6 nitrogen and oxygen atoms in total. The van der Waals surface area contributed by atoms with Gasteiger partial charge in [-0.25, -0.2) is 13.6 Å². The number of benzene rings is 2. The van der Waals surface area contributed by atoms with Gasteiger partial charge in [-0.1, -0.05) is 0 Å². The van der Waals surface area contributed by atoms with E-state index in [1.807, 2.05) is 18.2 Å². The summed E-state index contributed by atoms with van der Waals surface area (Å²) in [7, 11) is 0. The van der Waals surface area contributed by atoms with Crippen LogP contribution in [0.1, 0.15) is 23.6 Å². The Kier molecular flexibility index (Phi) is 7.25. The summed E-state index contributed by atoms with van der Waals surface area (Å²) in [6.07, 6.45) is -1.78. The maximum absolute atomic E-state index is 13.4. The van der Waals surface area contributed by atoms with Crippen LogP contribution in [0.2, 0.25) is 0 Å². The lowest BCUT2D eigenvalue weighted by molar-refractivity contribution is 0.112. The second-order valence-corrected chi connectivity index (χ2v) is 8.13. The molecule has 1 aliphatic heterocycles. The molecule has 29 heavy (non-hydrogen) atoms. The number of nitrogens with one attached hydrogen (secondary N) is 2. The van der Waals surface area contributed by atoms with E-state index in [1.54, 1.807) is 0 Å². The number of aliphatic hydroxyl groups is 1. The highest BCUT2D eigenvalue weighted by Crippen LogP contribution is 2.33. The van der Waals surface area contributed by atoms with E-state index >= 15 is 0 Å². The number of amides is 1. The zero-order valence-electron chi connectivity index (χ0n) is 15.4. The smallest absolute Gasteiger partial charge is 0.404 e. The highest BCUT2D eigenvalue weighted by Gasteiger charge is 2.26. The molecule has 3 atom stereocenters. The van der Waals surface area contributed by atoms with Crippen LogP contribution in [0.3, 0.4) is 0 Å². The third kappa shape index (κ3) is 6.00. The van der Waals surface area contributed by atoms with Crippen LogP contribution in [-0.4, -0.2) is 41.6 Å². The zero-order valence-corrected chi connectivity index (χ0v) is 17.5. The predicted molar refractivity (Wildman–Crippen MR) is 111 cm³/mol. The fourth-order valence-electron chi connectivity index (χ4n) is 3.41. The minimum absolute atomic E-state index is 0.0495. The second kappa shape index (κ2) is 9.68. The number of carboxylic acid groups (broad SMARTS) is 1. The van der Waals surface area contributed by atoms with E-state index in [1.165, 1.54) is 0 Å². The maximum atomic E-state index is 13.4. The molecule has 1 aliphatic rings. The number of hydrogen-bond donors (Lipinski definition) is 4. The molecule has 1 unspecified atom stereocenters. The third-order valence-electron chi connectivity index (χ3n) is 4.74. The Morgan fingerprint density at radius 2 is 1.97 bits per heavy atom. The lowest BCUT2D eigenvalue weighted by Crippen LogP contribution is -2.49. The van der Waals surface area contributed by atoms with E-state index < -0.39 is 29.9 Å². The summed E-state index contributed by atoms with van der Waals surface area (Å²) in [5.74, 6) is -0.732. The number of hydrogen-bond acceptors (Lipinski definition) is 4. The maximum Gasteiger partial charge on any atom is 0.404 e. The molecule has 0 saturated carbocycles. The Hall–Kier alpha value is -1.98. The van der Waals surface area contributed by atoms with Crippen molar-refractivity contribution >= 4 is 28.7 Å². The predicted octanol–water partition coefficient (Wildman–Crippen LogP) is 3.22. The molecule has 1 heterocycles. The molecule has 9 heteroatoms. The van der Waals surface area contributed by atoms with Crippen molar-refractivity contribution < 1.29 is 28.5 Å². The number of carbonyl (C=O) groups is 1. The first-order valence-electron chi connectivity index (χ1n) is 9.10. The Bertz CT molecular complexity index is 863. The van der Waals surface area contributed by atoms with E-state index in [-0.39, 0.29) is 24.6 Å². The molecule has 4 N–H and O–H groups in total. The van der Waals surface area contributed by atoms with Gasteiger partial charge in [-0.3, -0.25) is 0 Å². The summed E-state index contributed by atoms with van der Waals surface area (Å²) in [6.45, 7) is 0.624. The van der Waals surface area contributed by atoms with Crippen LogP contribution in [0.15, 0.2) is 36.4 Å². The van der Waals surface area contributed by atoms with Gasteiger partial charge >= 0.3 is 6.09 Å². The minimum Gasteiger partial charge on any atom is -0.493 e. The van der Waals surface area contributed by atoms with Gasteiger partial charge in [0, 0.05) is 34.2 Å². The average Bonchev–Trinajstić information content (AvgIpc) is 2.64. The SMILES string of the molecule is O=C(O)N[C@@H](Cc1cc(F)cc(F)c1)[C@H](O)CNC1CCOc2ccc(I)cc21. The van der Waals surface area contributed by atoms with Gasteiger partial charge in [0.05, 0.1) is 18.8 Å². The zero-order chi connectivity index (χ0) is 21.0. The van der Waals surface area contributed by atoms with Gasteiger partial charge in [0.1, 0.15) is 17.4 Å². The van der Waals surface area contributed by atoms with Crippen LogP contribution in [-0.2, 0) is 6.42 Å². The molecule has 3 rings (SSSR count). The van der Waals surface area contributed by atoms with Gasteiger partial charge < -0.3 is 25.6 Å². The first-order chi connectivity index (χ1) is 13.8. The molecule has 0 aromatic heterocycles. The average molecular weight is 518 g/mol. The fraction of sp³-hybridized carbons (Fsp3) is 0.350. The number of halogens is 3. The van der Waals surface area contributed by atoms with Crippen molar-refractivity contribution in [3.8, 4) is 5.75 Å². The molecule has 0 saturated heterocycles. The summed E-state index contributed by atoms with van der Waals surface area (Å²) < 4.78 is 33.6. The molecule has 0 fully saturated rings. The third-order valence-corrected chi connectivity index (χ3v) is 5.41. The molecule has 2 aromatic carbocycles. The highest BCUT2D eigenvalue weighted by atomic mass is 127.